The Bertz CT molecular complexity index is 2430. The SMILES string of the molecule is Cc1ccc(S(=O)(=O)n2cc(-c3ccc(C(N)=O)c(C)c3C)c3cc(-c4ccc5c(c4)[nH]c(=O)n5C(C)C4CCN(C)CC4)cnc32)cc1. The van der Waals surface area contributed by atoms with Crippen molar-refractivity contribution in [3.05, 3.63) is 106 Å². The van der Waals surface area contributed by atoms with Gasteiger partial charge in [-0.15, -0.1) is 0 Å². The van der Waals surface area contributed by atoms with Gasteiger partial charge in [0, 0.05) is 40.5 Å². The number of likely N-dealkylation sites (tertiary alicyclic amines) is 1. The Balaban J connectivity index is 1.37. The maximum Gasteiger partial charge on any atom is 0.326 e. The second kappa shape index (κ2) is 12.2. The van der Waals surface area contributed by atoms with Crippen LogP contribution in [0.2, 0.25) is 0 Å². The van der Waals surface area contributed by atoms with Crippen molar-refractivity contribution >= 4 is 38.0 Å². The molecule has 6 aromatic rings. The van der Waals surface area contributed by atoms with Gasteiger partial charge in [0.05, 0.1) is 15.9 Å². The molecule has 3 aromatic heterocycles. The van der Waals surface area contributed by atoms with Gasteiger partial charge in [0.2, 0.25) is 5.91 Å². The Morgan fingerprint density at radius 2 is 1.65 bits per heavy atom. The Morgan fingerprint density at radius 3 is 2.35 bits per heavy atom. The first-order valence-electron chi connectivity index (χ1n) is 16.5. The van der Waals surface area contributed by atoms with Crippen molar-refractivity contribution in [2.24, 2.45) is 11.7 Å². The quantitative estimate of drug-likeness (QED) is 0.207. The zero-order chi connectivity index (χ0) is 34.8. The van der Waals surface area contributed by atoms with Crippen molar-refractivity contribution in [3.8, 4) is 22.3 Å². The van der Waals surface area contributed by atoms with Gasteiger partial charge in [-0.25, -0.2) is 22.2 Å². The largest absolute Gasteiger partial charge is 0.366 e. The number of fused-ring (bicyclic) bond motifs is 2. The topological polar surface area (TPSA) is 136 Å². The fourth-order valence-electron chi connectivity index (χ4n) is 7.27. The Labute approximate surface area is 285 Å². The van der Waals surface area contributed by atoms with E-state index < -0.39 is 15.9 Å². The Morgan fingerprint density at radius 1 is 0.939 bits per heavy atom. The summed E-state index contributed by atoms with van der Waals surface area (Å²) >= 11 is 0. The zero-order valence-corrected chi connectivity index (χ0v) is 29.1. The summed E-state index contributed by atoms with van der Waals surface area (Å²) in [5, 5.41) is 0.629. The lowest BCUT2D eigenvalue weighted by Gasteiger charge is -2.33. The third-order valence-corrected chi connectivity index (χ3v) is 12.1. The molecule has 0 aliphatic carbocycles. The molecule has 3 aromatic carbocycles. The number of aromatic nitrogens is 4. The van der Waals surface area contributed by atoms with E-state index >= 15 is 0 Å². The van der Waals surface area contributed by atoms with E-state index in [1.54, 1.807) is 48.8 Å². The lowest BCUT2D eigenvalue weighted by atomic mass is 9.90. The van der Waals surface area contributed by atoms with Crippen LogP contribution in [0.3, 0.4) is 0 Å². The molecule has 1 aliphatic heterocycles. The van der Waals surface area contributed by atoms with Crippen molar-refractivity contribution in [1.82, 2.24) is 23.4 Å². The van der Waals surface area contributed by atoms with Gasteiger partial charge in [0.1, 0.15) is 0 Å². The van der Waals surface area contributed by atoms with Crippen molar-refractivity contribution in [3.63, 3.8) is 0 Å². The fourth-order valence-corrected chi connectivity index (χ4v) is 8.60. The van der Waals surface area contributed by atoms with E-state index in [0.717, 1.165) is 70.3 Å². The third kappa shape index (κ3) is 5.56. The van der Waals surface area contributed by atoms with Crippen LogP contribution in [0.5, 0.6) is 0 Å². The number of carbonyl (C=O) groups is 1. The lowest BCUT2D eigenvalue weighted by Crippen LogP contribution is -2.35. The number of H-pyrrole nitrogens is 1. The molecule has 7 rings (SSSR count). The number of rotatable bonds is 7. The van der Waals surface area contributed by atoms with Crippen LogP contribution in [0.15, 0.2) is 82.7 Å². The van der Waals surface area contributed by atoms with E-state index in [0.29, 0.717) is 22.4 Å². The smallest absolute Gasteiger partial charge is 0.326 e. The molecule has 0 radical (unpaired) electrons. The maximum atomic E-state index is 14.0. The summed E-state index contributed by atoms with van der Waals surface area (Å²) in [6.07, 6.45) is 5.37. The number of hydrogen-bond acceptors (Lipinski definition) is 6. The average Bonchev–Trinajstić information content (AvgIpc) is 3.62. The summed E-state index contributed by atoms with van der Waals surface area (Å²) in [5.74, 6) is -0.106. The summed E-state index contributed by atoms with van der Waals surface area (Å²) in [7, 11) is -1.87. The molecular formula is C38H40N6O4S. The molecule has 10 nitrogen and oxygen atoms in total. The first kappa shape index (κ1) is 32.5. The summed E-state index contributed by atoms with van der Waals surface area (Å²) in [5.41, 5.74) is 13.3. The van der Waals surface area contributed by atoms with Gasteiger partial charge >= 0.3 is 5.69 Å². The Kier molecular flexibility index (Phi) is 8.07. The number of aryl methyl sites for hydroxylation is 1. The molecule has 1 aliphatic rings. The second-order valence-corrected chi connectivity index (χ2v) is 15.3. The molecule has 0 bridgehead atoms. The van der Waals surface area contributed by atoms with E-state index in [4.69, 9.17) is 10.7 Å². The van der Waals surface area contributed by atoms with Gasteiger partial charge < -0.3 is 15.6 Å². The van der Waals surface area contributed by atoms with Crippen LogP contribution < -0.4 is 11.4 Å². The minimum absolute atomic E-state index is 0.0595. The number of aromatic amines is 1. The molecule has 49 heavy (non-hydrogen) atoms. The number of nitrogens with two attached hydrogens (primary N) is 1. The first-order chi connectivity index (χ1) is 23.3. The van der Waals surface area contributed by atoms with Crippen LogP contribution in [-0.2, 0) is 10.0 Å². The first-order valence-corrected chi connectivity index (χ1v) is 18.0. The average molecular weight is 677 g/mol. The molecule has 0 saturated carbocycles. The van der Waals surface area contributed by atoms with Gasteiger partial charge in [-0.1, -0.05) is 29.8 Å². The number of piperidine rings is 1. The summed E-state index contributed by atoms with van der Waals surface area (Å²) in [4.78, 5) is 35.7. The predicted molar refractivity (Wildman–Crippen MR) is 193 cm³/mol. The number of amides is 1. The molecule has 4 heterocycles. The van der Waals surface area contributed by atoms with E-state index in [1.165, 1.54) is 3.97 Å². The standard InChI is InChI=1S/C38H40N6O4S/c1-22-6-9-29(10-7-22)49(47,48)43-21-33(30-11-12-31(36(39)45)24(3)23(30)2)32-18-28(20-40-37(32)43)27-8-13-35-34(19-27)41-38(46)44(35)25(4)26-14-16-42(5)17-15-26/h6-13,18-21,25-26H,14-17H2,1-5H3,(H2,39,45)(H,41,46). The second-order valence-electron chi connectivity index (χ2n) is 13.4. The van der Waals surface area contributed by atoms with Gasteiger partial charge in [-0.2, -0.15) is 0 Å². The molecule has 252 valence electrons. The highest BCUT2D eigenvalue weighted by Crippen LogP contribution is 2.38. The van der Waals surface area contributed by atoms with E-state index in [2.05, 4.69) is 23.9 Å². The number of imidazole rings is 1. The number of carbonyl (C=O) groups excluding carboxylic acids is 1. The van der Waals surface area contributed by atoms with Crippen molar-refractivity contribution < 1.29 is 13.2 Å². The lowest BCUT2D eigenvalue weighted by molar-refractivity contribution is 0.0999. The van der Waals surface area contributed by atoms with E-state index in [-0.39, 0.29) is 22.3 Å². The minimum atomic E-state index is -4.01. The molecule has 11 heteroatoms. The predicted octanol–water partition coefficient (Wildman–Crippen LogP) is 6.18. The fraction of sp³-hybridized carbons (Fsp3) is 0.289. The van der Waals surface area contributed by atoms with Crippen molar-refractivity contribution in [1.29, 1.82) is 0 Å². The van der Waals surface area contributed by atoms with Crippen LogP contribution >= 0.6 is 0 Å². The molecular weight excluding hydrogens is 637 g/mol. The number of pyridine rings is 1. The third-order valence-electron chi connectivity index (χ3n) is 10.4. The number of nitrogens with one attached hydrogen (secondary N) is 1. The van der Waals surface area contributed by atoms with E-state index in [1.807, 2.05) is 49.6 Å². The minimum Gasteiger partial charge on any atom is -0.366 e. The van der Waals surface area contributed by atoms with Gasteiger partial charge in [-0.3, -0.25) is 9.36 Å². The zero-order valence-electron chi connectivity index (χ0n) is 28.3. The molecule has 1 saturated heterocycles. The summed E-state index contributed by atoms with van der Waals surface area (Å²) in [6.45, 7) is 9.81. The van der Waals surface area contributed by atoms with Crippen LogP contribution in [0.4, 0.5) is 0 Å². The van der Waals surface area contributed by atoms with Gasteiger partial charge in [-0.05, 0) is 125 Å². The molecule has 1 atom stereocenters. The summed E-state index contributed by atoms with van der Waals surface area (Å²) < 4.78 is 31.2. The number of primary amides is 1. The maximum absolute atomic E-state index is 14.0. The van der Waals surface area contributed by atoms with Crippen LogP contribution in [0, 0.1) is 26.7 Å². The van der Waals surface area contributed by atoms with Crippen molar-refractivity contribution in [2.75, 3.05) is 20.1 Å². The molecule has 1 amide bonds. The summed E-state index contributed by atoms with van der Waals surface area (Å²) in [6, 6.07) is 18.1. The molecule has 1 unspecified atom stereocenters. The molecule has 1 fully saturated rings. The number of hydrogen-bond donors (Lipinski definition) is 2. The molecule has 0 spiro atoms. The van der Waals surface area contributed by atoms with Crippen LogP contribution in [0.25, 0.3) is 44.3 Å². The van der Waals surface area contributed by atoms with Crippen LogP contribution in [0.1, 0.15) is 52.9 Å². The van der Waals surface area contributed by atoms with E-state index in [9.17, 15) is 18.0 Å². The normalized spacial score (nSPS) is 15.3. The highest BCUT2D eigenvalue weighted by atomic mass is 32.2. The highest BCUT2D eigenvalue weighted by molar-refractivity contribution is 7.90. The van der Waals surface area contributed by atoms with Gasteiger partial charge in [0.15, 0.2) is 5.65 Å². The molecule has 3 N–H and O–H groups in total. The Hall–Kier alpha value is -5.00. The van der Waals surface area contributed by atoms with Crippen LogP contribution in [-0.4, -0.2) is 57.9 Å². The highest BCUT2D eigenvalue weighted by Gasteiger charge is 2.27. The van der Waals surface area contributed by atoms with Gasteiger partial charge in [0.25, 0.3) is 10.0 Å². The number of benzene rings is 3. The monoisotopic (exact) mass is 676 g/mol. The van der Waals surface area contributed by atoms with Crippen molar-refractivity contribution in [2.45, 2.75) is 51.5 Å². The number of nitrogens with zero attached hydrogens (tertiary/aromatic N) is 4.